The van der Waals surface area contributed by atoms with E-state index < -0.39 is 5.97 Å². The van der Waals surface area contributed by atoms with Crippen LogP contribution in [0.25, 0.3) is 5.69 Å². The maximum Gasteiger partial charge on any atom is 0.337 e. The lowest BCUT2D eigenvalue weighted by Gasteiger charge is -2.08. The van der Waals surface area contributed by atoms with Gasteiger partial charge in [0.15, 0.2) is 0 Å². The molecule has 20 heavy (non-hydrogen) atoms. The summed E-state index contributed by atoms with van der Waals surface area (Å²) in [5.74, 6) is -1.08. The van der Waals surface area contributed by atoms with Crippen LogP contribution in [0.4, 0.5) is 0 Å². The molecule has 0 unspecified atom stereocenters. The van der Waals surface area contributed by atoms with Crippen molar-refractivity contribution in [2.24, 2.45) is 5.73 Å². The lowest BCUT2D eigenvalue weighted by molar-refractivity contribution is 0.0697. The summed E-state index contributed by atoms with van der Waals surface area (Å²) in [4.78, 5) is 11.1. The van der Waals surface area contributed by atoms with Gasteiger partial charge >= 0.3 is 5.97 Å². The van der Waals surface area contributed by atoms with Gasteiger partial charge in [0, 0.05) is 6.54 Å². The van der Waals surface area contributed by atoms with Gasteiger partial charge in [-0.1, -0.05) is 30.2 Å². The molecule has 0 bridgehead atoms. The average Bonchev–Trinajstić information content (AvgIpc) is 2.82. The molecule has 6 nitrogen and oxygen atoms in total. The maximum atomic E-state index is 11.1. The van der Waals surface area contributed by atoms with Gasteiger partial charge in [0.1, 0.15) is 0 Å². The Morgan fingerprint density at radius 3 is 2.85 bits per heavy atom. The number of halogens is 1. The third kappa shape index (κ3) is 2.66. The Balaban J connectivity index is 2.54. The van der Waals surface area contributed by atoms with Crippen LogP contribution in [0.2, 0.25) is 5.02 Å². The number of hydrogen-bond donors (Lipinski definition) is 2. The summed E-state index contributed by atoms with van der Waals surface area (Å²) in [5, 5.41) is 17.4. The second kappa shape index (κ2) is 6.02. The van der Waals surface area contributed by atoms with E-state index in [0.29, 0.717) is 12.2 Å². The molecule has 0 atom stereocenters. The van der Waals surface area contributed by atoms with Gasteiger partial charge in [-0.2, -0.15) is 0 Å². The molecule has 2 aromatic rings. The standard InChI is InChI=1S/C13H15ClN4O2/c1-2-3-12-11(7-15)16-17-18(12)8-4-5-10(14)9(6-8)13(19)20/h4-6H,2-3,7,15H2,1H3,(H,19,20). The van der Waals surface area contributed by atoms with Gasteiger partial charge in [0.2, 0.25) is 0 Å². The van der Waals surface area contributed by atoms with E-state index in [9.17, 15) is 4.79 Å². The predicted octanol–water partition coefficient (Wildman–Crippen LogP) is 2.03. The Morgan fingerprint density at radius 2 is 2.25 bits per heavy atom. The third-order valence-electron chi connectivity index (χ3n) is 2.95. The van der Waals surface area contributed by atoms with Crippen molar-refractivity contribution in [3.63, 3.8) is 0 Å². The van der Waals surface area contributed by atoms with Crippen molar-refractivity contribution in [2.75, 3.05) is 0 Å². The van der Waals surface area contributed by atoms with E-state index in [-0.39, 0.29) is 10.6 Å². The maximum absolute atomic E-state index is 11.1. The molecule has 0 radical (unpaired) electrons. The molecule has 0 saturated heterocycles. The molecule has 1 aromatic heterocycles. The first kappa shape index (κ1) is 14.5. The number of hydrogen-bond acceptors (Lipinski definition) is 4. The number of nitrogens with two attached hydrogens (primary N) is 1. The Hall–Kier alpha value is -1.92. The Morgan fingerprint density at radius 1 is 1.50 bits per heavy atom. The van der Waals surface area contributed by atoms with Crippen LogP contribution in [-0.4, -0.2) is 26.1 Å². The fraction of sp³-hybridized carbons (Fsp3) is 0.308. The minimum absolute atomic E-state index is 0.0383. The highest BCUT2D eigenvalue weighted by atomic mass is 35.5. The summed E-state index contributed by atoms with van der Waals surface area (Å²) < 4.78 is 1.62. The molecule has 0 amide bonds. The number of aromatic nitrogens is 3. The number of carbonyl (C=O) groups is 1. The summed E-state index contributed by atoms with van der Waals surface area (Å²) in [5.41, 5.74) is 7.91. The van der Waals surface area contributed by atoms with E-state index in [1.54, 1.807) is 16.8 Å². The second-order valence-corrected chi connectivity index (χ2v) is 4.73. The van der Waals surface area contributed by atoms with Crippen LogP contribution >= 0.6 is 11.6 Å². The quantitative estimate of drug-likeness (QED) is 0.880. The van der Waals surface area contributed by atoms with E-state index in [4.69, 9.17) is 22.4 Å². The van der Waals surface area contributed by atoms with Crippen LogP contribution in [0.5, 0.6) is 0 Å². The number of nitrogens with zero attached hydrogens (tertiary/aromatic N) is 3. The van der Waals surface area contributed by atoms with Crippen molar-refractivity contribution in [1.82, 2.24) is 15.0 Å². The number of carboxylic acid groups (broad SMARTS) is 1. The first-order valence-corrected chi connectivity index (χ1v) is 6.63. The highest BCUT2D eigenvalue weighted by molar-refractivity contribution is 6.33. The molecular weight excluding hydrogens is 280 g/mol. The molecule has 0 fully saturated rings. The van der Waals surface area contributed by atoms with Gasteiger partial charge in [-0.25, -0.2) is 9.48 Å². The van der Waals surface area contributed by atoms with E-state index in [2.05, 4.69) is 10.3 Å². The van der Waals surface area contributed by atoms with Crippen molar-refractivity contribution in [1.29, 1.82) is 0 Å². The molecule has 0 spiro atoms. The Labute approximate surface area is 121 Å². The fourth-order valence-electron chi connectivity index (χ4n) is 1.99. The van der Waals surface area contributed by atoms with E-state index in [1.165, 1.54) is 6.07 Å². The van der Waals surface area contributed by atoms with Crippen LogP contribution in [-0.2, 0) is 13.0 Å². The zero-order valence-electron chi connectivity index (χ0n) is 11.0. The van der Waals surface area contributed by atoms with Gasteiger partial charge in [-0.15, -0.1) is 5.10 Å². The van der Waals surface area contributed by atoms with E-state index in [1.807, 2.05) is 6.92 Å². The molecule has 2 rings (SSSR count). The molecule has 7 heteroatoms. The van der Waals surface area contributed by atoms with Gasteiger partial charge in [0.05, 0.1) is 27.7 Å². The number of rotatable bonds is 5. The van der Waals surface area contributed by atoms with Crippen LogP contribution in [0, 0.1) is 0 Å². The highest BCUT2D eigenvalue weighted by Gasteiger charge is 2.15. The molecule has 1 aromatic carbocycles. The smallest absolute Gasteiger partial charge is 0.337 e. The normalized spacial score (nSPS) is 10.8. The SMILES string of the molecule is CCCc1c(CN)nnn1-c1ccc(Cl)c(C(=O)O)c1. The summed E-state index contributed by atoms with van der Waals surface area (Å²) in [7, 11) is 0. The topological polar surface area (TPSA) is 94.0 Å². The molecule has 0 aliphatic heterocycles. The van der Waals surface area contributed by atoms with Gasteiger partial charge in [0.25, 0.3) is 0 Å². The largest absolute Gasteiger partial charge is 0.478 e. The van der Waals surface area contributed by atoms with Crippen molar-refractivity contribution < 1.29 is 9.90 Å². The zero-order chi connectivity index (χ0) is 14.7. The average molecular weight is 295 g/mol. The lowest BCUT2D eigenvalue weighted by atomic mass is 10.1. The molecule has 3 N–H and O–H groups in total. The molecule has 106 valence electrons. The number of benzene rings is 1. The lowest BCUT2D eigenvalue weighted by Crippen LogP contribution is -2.07. The Bertz CT molecular complexity index is 639. The van der Waals surface area contributed by atoms with Crippen molar-refractivity contribution in [3.05, 3.63) is 40.2 Å². The van der Waals surface area contributed by atoms with Gasteiger partial charge < -0.3 is 10.8 Å². The summed E-state index contributed by atoms with van der Waals surface area (Å²) in [6.45, 7) is 2.34. The number of aromatic carboxylic acids is 1. The second-order valence-electron chi connectivity index (χ2n) is 4.32. The van der Waals surface area contributed by atoms with Crippen molar-refractivity contribution >= 4 is 17.6 Å². The van der Waals surface area contributed by atoms with Crippen molar-refractivity contribution in [2.45, 2.75) is 26.3 Å². The minimum atomic E-state index is -1.08. The predicted molar refractivity (Wildman–Crippen MR) is 75.2 cm³/mol. The molecule has 1 heterocycles. The highest BCUT2D eigenvalue weighted by Crippen LogP contribution is 2.21. The van der Waals surface area contributed by atoms with E-state index in [0.717, 1.165) is 24.2 Å². The zero-order valence-corrected chi connectivity index (χ0v) is 11.8. The van der Waals surface area contributed by atoms with Crippen LogP contribution in [0.15, 0.2) is 18.2 Å². The van der Waals surface area contributed by atoms with E-state index >= 15 is 0 Å². The summed E-state index contributed by atoms with van der Waals surface area (Å²) in [6.07, 6.45) is 1.68. The summed E-state index contributed by atoms with van der Waals surface area (Å²) >= 11 is 5.87. The van der Waals surface area contributed by atoms with Gasteiger partial charge in [-0.05, 0) is 24.6 Å². The first-order chi connectivity index (χ1) is 9.58. The third-order valence-corrected chi connectivity index (χ3v) is 3.28. The molecule has 0 aliphatic rings. The van der Waals surface area contributed by atoms with Gasteiger partial charge in [-0.3, -0.25) is 0 Å². The van der Waals surface area contributed by atoms with Crippen LogP contribution in [0.3, 0.4) is 0 Å². The Kier molecular flexibility index (Phi) is 4.36. The van der Waals surface area contributed by atoms with Crippen molar-refractivity contribution in [3.8, 4) is 5.69 Å². The fourth-order valence-corrected chi connectivity index (χ4v) is 2.19. The monoisotopic (exact) mass is 294 g/mol. The van der Waals surface area contributed by atoms with Crippen LogP contribution in [0.1, 0.15) is 35.1 Å². The van der Waals surface area contributed by atoms with Crippen LogP contribution < -0.4 is 5.73 Å². The molecule has 0 aliphatic carbocycles. The number of carboxylic acids is 1. The molecular formula is C13H15ClN4O2. The first-order valence-electron chi connectivity index (χ1n) is 6.25. The molecule has 0 saturated carbocycles. The minimum Gasteiger partial charge on any atom is -0.478 e. The summed E-state index contributed by atoms with van der Waals surface area (Å²) in [6, 6.07) is 4.74.